The van der Waals surface area contributed by atoms with Gasteiger partial charge in [-0.25, -0.2) is 4.98 Å². The Bertz CT molecular complexity index is 616. The summed E-state index contributed by atoms with van der Waals surface area (Å²) >= 11 is 0. The Labute approximate surface area is 100 Å². The highest BCUT2D eigenvalue weighted by atomic mass is 15.1. The lowest BCUT2D eigenvalue weighted by molar-refractivity contribution is 0.513. The average Bonchev–Trinajstić information content (AvgIpc) is 2.72. The Morgan fingerprint density at radius 1 is 1.47 bits per heavy atom. The van der Waals surface area contributed by atoms with Crippen molar-refractivity contribution in [1.82, 2.24) is 14.9 Å². The molecule has 4 heteroatoms. The van der Waals surface area contributed by atoms with Crippen LogP contribution in [0.4, 0.5) is 0 Å². The first-order valence-corrected chi connectivity index (χ1v) is 6.01. The van der Waals surface area contributed by atoms with Gasteiger partial charge in [0.2, 0.25) is 0 Å². The highest BCUT2D eigenvalue weighted by Gasteiger charge is 2.15. The summed E-state index contributed by atoms with van der Waals surface area (Å²) in [6, 6.07) is 0. The van der Waals surface area contributed by atoms with E-state index in [1.54, 1.807) is 0 Å². The third-order valence-electron chi connectivity index (χ3n) is 2.92. The predicted molar refractivity (Wildman–Crippen MR) is 68.5 cm³/mol. The highest BCUT2D eigenvalue weighted by Crippen LogP contribution is 2.14. The van der Waals surface area contributed by atoms with E-state index in [1.807, 2.05) is 18.7 Å². The maximum absolute atomic E-state index is 4.51. The number of hydrogen-bond donors (Lipinski definition) is 1. The van der Waals surface area contributed by atoms with E-state index in [1.165, 1.54) is 0 Å². The van der Waals surface area contributed by atoms with Gasteiger partial charge in [0.1, 0.15) is 11.0 Å². The van der Waals surface area contributed by atoms with Crippen LogP contribution in [0.3, 0.4) is 0 Å². The first kappa shape index (κ1) is 10.3. The molecule has 0 aliphatic carbocycles. The number of allylic oxidation sites excluding steroid dienone is 1. The lowest BCUT2D eigenvalue weighted by Gasteiger charge is -2.16. The Morgan fingerprint density at radius 2 is 2.35 bits per heavy atom. The minimum absolute atomic E-state index is 0.601. The van der Waals surface area contributed by atoms with E-state index < -0.39 is 0 Å². The second-order valence-corrected chi connectivity index (χ2v) is 4.83. The Balaban J connectivity index is 2.25. The fourth-order valence-electron chi connectivity index (χ4n) is 2.24. The number of imidazole rings is 1. The number of fused-ring (bicyclic) bond motifs is 2. The number of rotatable bonds is 2. The van der Waals surface area contributed by atoms with E-state index in [2.05, 4.69) is 39.8 Å². The summed E-state index contributed by atoms with van der Waals surface area (Å²) in [5, 5.41) is 5.38. The molecule has 0 aromatic carbocycles. The van der Waals surface area contributed by atoms with Crippen LogP contribution >= 0.6 is 0 Å². The largest absolute Gasteiger partial charge is 0.358 e. The van der Waals surface area contributed by atoms with Crippen molar-refractivity contribution >= 4 is 18.1 Å². The lowest BCUT2D eigenvalue weighted by Crippen LogP contribution is -2.39. The fourth-order valence-corrected chi connectivity index (χ4v) is 2.24. The summed E-state index contributed by atoms with van der Waals surface area (Å²) in [4.78, 5) is 8.94. The summed E-state index contributed by atoms with van der Waals surface area (Å²) < 4.78 is 2.20. The van der Waals surface area contributed by atoms with Gasteiger partial charge in [0.05, 0.1) is 17.4 Å². The van der Waals surface area contributed by atoms with Crippen LogP contribution in [0.2, 0.25) is 0 Å². The molecular weight excluding hydrogens is 212 g/mol. The van der Waals surface area contributed by atoms with Crippen LogP contribution in [0, 0.1) is 5.92 Å². The summed E-state index contributed by atoms with van der Waals surface area (Å²) in [6.45, 7) is 5.40. The van der Waals surface area contributed by atoms with Gasteiger partial charge in [-0.15, -0.1) is 0 Å². The summed E-state index contributed by atoms with van der Waals surface area (Å²) in [6.07, 6.45) is 8.87. The molecule has 3 heterocycles. The minimum atomic E-state index is 0.601. The smallest absolute Gasteiger partial charge is 0.112 e. The maximum atomic E-state index is 4.51. The van der Waals surface area contributed by atoms with Gasteiger partial charge in [0, 0.05) is 25.4 Å². The van der Waals surface area contributed by atoms with Crippen molar-refractivity contribution in [1.29, 1.82) is 0 Å². The molecule has 0 atom stereocenters. The molecule has 1 N–H and O–H groups in total. The average molecular weight is 228 g/mol. The molecule has 0 radical (unpaired) electrons. The summed E-state index contributed by atoms with van der Waals surface area (Å²) in [5.74, 6) is 0.601. The van der Waals surface area contributed by atoms with E-state index in [-0.39, 0.29) is 0 Å². The molecule has 0 saturated carbocycles. The molecule has 4 nitrogen and oxygen atoms in total. The van der Waals surface area contributed by atoms with Crippen molar-refractivity contribution in [2.45, 2.75) is 26.8 Å². The van der Waals surface area contributed by atoms with E-state index in [4.69, 9.17) is 0 Å². The molecule has 0 fully saturated rings. The van der Waals surface area contributed by atoms with Crippen LogP contribution in [0.1, 0.15) is 20.3 Å². The van der Waals surface area contributed by atoms with Gasteiger partial charge in [-0.3, -0.25) is 4.99 Å². The van der Waals surface area contributed by atoms with Gasteiger partial charge in [-0.05, 0) is 5.92 Å². The van der Waals surface area contributed by atoms with E-state index in [0.717, 1.165) is 35.1 Å². The Hall–Kier alpha value is -1.84. The molecular formula is C13H16N4. The highest BCUT2D eigenvalue weighted by molar-refractivity contribution is 5.78. The zero-order valence-corrected chi connectivity index (χ0v) is 10.1. The number of nitrogens with zero attached hydrogens (tertiary/aromatic N) is 3. The topological polar surface area (TPSA) is 42.2 Å². The van der Waals surface area contributed by atoms with Gasteiger partial charge < -0.3 is 9.88 Å². The molecule has 0 saturated heterocycles. The molecule has 0 unspecified atom stereocenters. The summed E-state index contributed by atoms with van der Waals surface area (Å²) in [7, 11) is 0. The minimum Gasteiger partial charge on any atom is -0.358 e. The third-order valence-corrected chi connectivity index (χ3v) is 2.92. The van der Waals surface area contributed by atoms with Gasteiger partial charge in [0.15, 0.2) is 0 Å². The van der Waals surface area contributed by atoms with Crippen LogP contribution in [-0.4, -0.2) is 15.8 Å². The molecule has 3 rings (SSSR count). The maximum Gasteiger partial charge on any atom is 0.112 e. The zero-order valence-electron chi connectivity index (χ0n) is 10.1. The van der Waals surface area contributed by atoms with Crippen molar-refractivity contribution in [3.05, 3.63) is 28.8 Å². The number of aromatic nitrogens is 2. The summed E-state index contributed by atoms with van der Waals surface area (Å²) in [5.41, 5.74) is 2.12. The Morgan fingerprint density at radius 3 is 3.18 bits per heavy atom. The van der Waals surface area contributed by atoms with Crippen molar-refractivity contribution in [2.24, 2.45) is 10.9 Å². The second kappa shape index (κ2) is 3.87. The molecule has 1 aromatic heterocycles. The Kier molecular flexibility index (Phi) is 2.35. The van der Waals surface area contributed by atoms with E-state index in [0.29, 0.717) is 5.92 Å². The first-order valence-electron chi connectivity index (χ1n) is 6.01. The van der Waals surface area contributed by atoms with E-state index >= 15 is 0 Å². The quantitative estimate of drug-likeness (QED) is 0.793. The van der Waals surface area contributed by atoms with Gasteiger partial charge >= 0.3 is 0 Å². The number of nitrogens with one attached hydrogen (secondary N) is 1. The third kappa shape index (κ3) is 1.69. The van der Waals surface area contributed by atoms with Crippen molar-refractivity contribution in [2.75, 3.05) is 0 Å². The second-order valence-electron chi connectivity index (χ2n) is 4.83. The molecule has 88 valence electrons. The van der Waals surface area contributed by atoms with Crippen molar-refractivity contribution < 1.29 is 0 Å². The van der Waals surface area contributed by atoms with Gasteiger partial charge in [-0.2, -0.15) is 0 Å². The van der Waals surface area contributed by atoms with Crippen LogP contribution in [0.15, 0.2) is 23.1 Å². The molecule has 2 aliphatic rings. The SMILES string of the molecule is CC(C)Cn1cnc2c1=C1N=CCC=C1NC=2. The number of dihydropyridines is 1. The standard InChI is InChI=1S/C13H16N4/c1-9(2)7-17-8-16-11-6-15-10-4-3-5-14-12(10)13(11)17/h4-6,8-9,15H,3,7H2,1-2H3. The lowest BCUT2D eigenvalue weighted by atomic mass is 10.1. The van der Waals surface area contributed by atoms with Gasteiger partial charge in [0.25, 0.3) is 0 Å². The monoisotopic (exact) mass is 228 g/mol. The van der Waals surface area contributed by atoms with Crippen LogP contribution in [0.25, 0.3) is 11.9 Å². The molecule has 1 aromatic rings. The fraction of sp³-hybridized carbons (Fsp3) is 0.385. The molecule has 2 aliphatic heterocycles. The van der Waals surface area contributed by atoms with E-state index in [9.17, 15) is 0 Å². The zero-order chi connectivity index (χ0) is 11.8. The van der Waals surface area contributed by atoms with Gasteiger partial charge in [-0.1, -0.05) is 19.9 Å². The molecule has 0 spiro atoms. The predicted octanol–water partition coefficient (Wildman–Crippen LogP) is 0.347. The number of aliphatic imine (C=N–C) groups is 1. The molecule has 17 heavy (non-hydrogen) atoms. The normalized spacial score (nSPS) is 17.1. The van der Waals surface area contributed by atoms with Crippen molar-refractivity contribution in [3.63, 3.8) is 0 Å². The van der Waals surface area contributed by atoms with Crippen LogP contribution < -0.4 is 16.0 Å². The van der Waals surface area contributed by atoms with Crippen molar-refractivity contribution in [3.8, 4) is 0 Å². The number of hydrogen-bond acceptors (Lipinski definition) is 3. The first-order chi connectivity index (χ1) is 8.25. The van der Waals surface area contributed by atoms with Crippen LogP contribution in [-0.2, 0) is 6.54 Å². The molecule has 0 amide bonds. The molecule has 0 bridgehead atoms. The van der Waals surface area contributed by atoms with Crippen LogP contribution in [0.5, 0.6) is 0 Å².